The monoisotopic (exact) mass is 306 g/mol. The molecule has 1 aliphatic carbocycles. The molecule has 1 aromatic heterocycles. The molecular formula is C17H26N2OS. The lowest BCUT2D eigenvalue weighted by molar-refractivity contribution is -0.121. The van der Waals surface area contributed by atoms with Crippen LogP contribution in [0.2, 0.25) is 0 Å². The van der Waals surface area contributed by atoms with Crippen molar-refractivity contribution in [2.75, 3.05) is 20.1 Å². The molecule has 116 valence electrons. The number of carbonyl (C=O) groups excluding carboxylic acids is 1. The van der Waals surface area contributed by atoms with Crippen molar-refractivity contribution < 1.29 is 4.79 Å². The van der Waals surface area contributed by atoms with E-state index in [4.69, 9.17) is 0 Å². The summed E-state index contributed by atoms with van der Waals surface area (Å²) >= 11 is 2.02. The smallest absolute Gasteiger partial charge is 0.220 e. The molecule has 1 N–H and O–H groups in total. The van der Waals surface area contributed by atoms with Crippen LogP contribution in [0.15, 0.2) is 12.1 Å². The average molecular weight is 306 g/mol. The van der Waals surface area contributed by atoms with Crippen molar-refractivity contribution in [3.8, 4) is 0 Å². The zero-order valence-corrected chi connectivity index (χ0v) is 13.8. The van der Waals surface area contributed by atoms with Gasteiger partial charge < -0.3 is 5.32 Å². The highest BCUT2D eigenvalue weighted by Gasteiger charge is 2.25. The molecule has 0 bridgehead atoms. The lowest BCUT2D eigenvalue weighted by Crippen LogP contribution is -2.24. The molecule has 0 aromatic carbocycles. The summed E-state index contributed by atoms with van der Waals surface area (Å²) in [7, 11) is 1.73. The highest BCUT2D eigenvalue weighted by Crippen LogP contribution is 2.38. The number of hydrogen-bond donors (Lipinski definition) is 1. The Morgan fingerprint density at radius 2 is 2.14 bits per heavy atom. The average Bonchev–Trinajstić information content (AvgIpc) is 3.19. The van der Waals surface area contributed by atoms with Gasteiger partial charge in [-0.15, -0.1) is 11.3 Å². The van der Waals surface area contributed by atoms with Crippen molar-refractivity contribution in [3.63, 3.8) is 0 Å². The second kappa shape index (κ2) is 6.93. The Morgan fingerprint density at radius 1 is 1.33 bits per heavy atom. The Kier molecular flexibility index (Phi) is 4.96. The lowest BCUT2D eigenvalue weighted by Gasteiger charge is -2.14. The van der Waals surface area contributed by atoms with Gasteiger partial charge >= 0.3 is 0 Å². The number of carbonyl (C=O) groups is 1. The number of nitrogens with zero attached hydrogens (tertiary/aromatic N) is 1. The highest BCUT2D eigenvalue weighted by atomic mass is 32.1. The lowest BCUT2D eigenvalue weighted by atomic mass is 10.1. The SMILES string of the molecule is CNC(=O)C[C@H]1CCN(Cc2ccc(C3CCCC3)s2)C1. The van der Waals surface area contributed by atoms with E-state index in [1.807, 2.05) is 11.3 Å². The molecule has 2 aliphatic rings. The van der Waals surface area contributed by atoms with Crippen molar-refractivity contribution in [2.24, 2.45) is 5.92 Å². The fourth-order valence-corrected chi connectivity index (χ4v) is 4.94. The standard InChI is InChI=1S/C17H26N2OS/c1-18-17(20)10-13-8-9-19(11-13)12-15-6-7-16(21-15)14-4-2-3-5-14/h6-7,13-14H,2-5,8-12H2,1H3,(H,18,20)/t13-/m1/s1. The van der Waals surface area contributed by atoms with Gasteiger partial charge in [0.05, 0.1) is 0 Å². The number of nitrogens with one attached hydrogen (secondary N) is 1. The van der Waals surface area contributed by atoms with Crippen molar-refractivity contribution in [1.29, 1.82) is 0 Å². The minimum absolute atomic E-state index is 0.182. The Bertz CT molecular complexity index is 479. The van der Waals surface area contributed by atoms with Gasteiger partial charge in [-0.1, -0.05) is 12.8 Å². The van der Waals surface area contributed by atoms with Gasteiger partial charge in [-0.25, -0.2) is 0 Å². The molecule has 0 spiro atoms. The first kappa shape index (κ1) is 15.0. The third kappa shape index (κ3) is 3.86. The molecule has 4 heteroatoms. The largest absolute Gasteiger partial charge is 0.359 e. The maximum absolute atomic E-state index is 11.5. The first-order valence-electron chi connectivity index (χ1n) is 8.26. The summed E-state index contributed by atoms with van der Waals surface area (Å²) in [6.45, 7) is 3.28. The van der Waals surface area contributed by atoms with E-state index in [1.54, 1.807) is 11.9 Å². The van der Waals surface area contributed by atoms with E-state index >= 15 is 0 Å². The predicted octanol–water partition coefficient (Wildman–Crippen LogP) is 3.36. The fraction of sp³-hybridized carbons (Fsp3) is 0.706. The van der Waals surface area contributed by atoms with Gasteiger partial charge in [0.15, 0.2) is 0 Å². The van der Waals surface area contributed by atoms with E-state index in [2.05, 4.69) is 22.3 Å². The van der Waals surface area contributed by atoms with Crippen LogP contribution < -0.4 is 5.32 Å². The molecule has 1 amide bonds. The second-order valence-corrected chi connectivity index (χ2v) is 7.75. The minimum Gasteiger partial charge on any atom is -0.359 e. The predicted molar refractivity (Wildman–Crippen MR) is 87.6 cm³/mol. The first-order valence-corrected chi connectivity index (χ1v) is 9.08. The van der Waals surface area contributed by atoms with Crippen molar-refractivity contribution in [2.45, 2.75) is 51.0 Å². The summed E-state index contributed by atoms with van der Waals surface area (Å²) in [6.07, 6.45) is 7.44. The topological polar surface area (TPSA) is 32.3 Å². The van der Waals surface area contributed by atoms with E-state index in [-0.39, 0.29) is 5.91 Å². The van der Waals surface area contributed by atoms with Crippen LogP contribution in [-0.4, -0.2) is 30.9 Å². The molecule has 1 saturated heterocycles. The Hall–Kier alpha value is -0.870. The van der Waals surface area contributed by atoms with Crippen molar-refractivity contribution in [3.05, 3.63) is 21.9 Å². The minimum atomic E-state index is 0.182. The Morgan fingerprint density at radius 3 is 2.90 bits per heavy atom. The van der Waals surface area contributed by atoms with Gasteiger partial charge in [0, 0.05) is 36.3 Å². The van der Waals surface area contributed by atoms with Gasteiger partial charge in [-0.05, 0) is 49.8 Å². The van der Waals surface area contributed by atoms with Crippen LogP contribution in [0.1, 0.15) is 54.2 Å². The molecule has 21 heavy (non-hydrogen) atoms. The van der Waals surface area contributed by atoms with Crippen LogP contribution in [0.3, 0.4) is 0 Å². The molecule has 3 nitrogen and oxygen atoms in total. The van der Waals surface area contributed by atoms with Crippen LogP contribution in [0.25, 0.3) is 0 Å². The quantitative estimate of drug-likeness (QED) is 0.904. The van der Waals surface area contributed by atoms with E-state index < -0.39 is 0 Å². The number of amides is 1. The van der Waals surface area contributed by atoms with Gasteiger partial charge in [0.2, 0.25) is 5.91 Å². The van der Waals surface area contributed by atoms with E-state index in [0.29, 0.717) is 12.3 Å². The zero-order valence-electron chi connectivity index (χ0n) is 12.9. The molecule has 0 radical (unpaired) electrons. The maximum Gasteiger partial charge on any atom is 0.220 e. The molecule has 1 saturated carbocycles. The first-order chi connectivity index (χ1) is 10.2. The molecule has 0 unspecified atom stereocenters. The molecule has 2 fully saturated rings. The van der Waals surface area contributed by atoms with E-state index in [1.165, 1.54) is 30.6 Å². The molecule has 2 heterocycles. The van der Waals surface area contributed by atoms with Crippen molar-refractivity contribution >= 4 is 17.2 Å². The molecule has 3 rings (SSSR count). The molecule has 1 aromatic rings. The van der Waals surface area contributed by atoms with Crippen molar-refractivity contribution in [1.82, 2.24) is 10.2 Å². The maximum atomic E-state index is 11.5. The van der Waals surface area contributed by atoms with Gasteiger partial charge in [-0.2, -0.15) is 0 Å². The zero-order chi connectivity index (χ0) is 14.7. The Balaban J connectivity index is 1.49. The third-order valence-corrected chi connectivity index (χ3v) is 6.17. The number of thiophene rings is 1. The van der Waals surface area contributed by atoms with Crippen LogP contribution in [0.5, 0.6) is 0 Å². The number of likely N-dealkylation sites (tertiary alicyclic amines) is 1. The Labute approximate surface area is 131 Å². The van der Waals surface area contributed by atoms with Crippen LogP contribution in [-0.2, 0) is 11.3 Å². The van der Waals surface area contributed by atoms with E-state index in [0.717, 1.165) is 32.0 Å². The number of hydrogen-bond acceptors (Lipinski definition) is 3. The normalized spacial score (nSPS) is 23.8. The molecule has 1 atom stereocenters. The second-order valence-electron chi connectivity index (χ2n) is 6.55. The van der Waals surface area contributed by atoms with Gasteiger partial charge in [0.1, 0.15) is 0 Å². The summed E-state index contributed by atoms with van der Waals surface area (Å²) in [4.78, 5) is 17.1. The highest BCUT2D eigenvalue weighted by molar-refractivity contribution is 7.12. The summed E-state index contributed by atoms with van der Waals surface area (Å²) in [6, 6.07) is 4.68. The summed E-state index contributed by atoms with van der Waals surface area (Å²) in [5.41, 5.74) is 0. The van der Waals surface area contributed by atoms with Crippen LogP contribution in [0.4, 0.5) is 0 Å². The summed E-state index contributed by atoms with van der Waals surface area (Å²) in [5, 5.41) is 2.74. The molecular weight excluding hydrogens is 280 g/mol. The molecule has 1 aliphatic heterocycles. The van der Waals surface area contributed by atoms with Gasteiger partial charge in [-0.3, -0.25) is 9.69 Å². The van der Waals surface area contributed by atoms with E-state index in [9.17, 15) is 4.79 Å². The fourth-order valence-electron chi connectivity index (χ4n) is 3.72. The summed E-state index contributed by atoms with van der Waals surface area (Å²) < 4.78 is 0. The van der Waals surface area contributed by atoms with Crippen LogP contribution >= 0.6 is 11.3 Å². The summed E-state index contributed by atoms with van der Waals surface area (Å²) in [5.74, 6) is 1.56. The number of rotatable bonds is 5. The third-order valence-electron chi connectivity index (χ3n) is 4.94. The van der Waals surface area contributed by atoms with Crippen LogP contribution in [0, 0.1) is 5.92 Å². The van der Waals surface area contributed by atoms with Gasteiger partial charge in [0.25, 0.3) is 0 Å².